The van der Waals surface area contributed by atoms with Crippen LogP contribution in [0, 0.1) is 10.1 Å². The highest BCUT2D eigenvalue weighted by atomic mass is 16.6. The van der Waals surface area contributed by atoms with Crippen LogP contribution in [0.15, 0.2) is 12.1 Å². The Balaban J connectivity index is 3.29. The number of hydrogen-bond donors (Lipinski definition) is 0. The van der Waals surface area contributed by atoms with Crippen LogP contribution in [0.3, 0.4) is 0 Å². The molecule has 7 nitrogen and oxygen atoms in total. The van der Waals surface area contributed by atoms with Gasteiger partial charge < -0.3 is 9.47 Å². The van der Waals surface area contributed by atoms with E-state index in [0.29, 0.717) is 6.29 Å². The SMILES string of the molecule is COc1cc(C=O)c([N+](=O)[O-])cc1OC(C)C(C)=O. The number of carbonyl (C=O) groups is 2. The molecule has 1 rings (SSSR count). The van der Waals surface area contributed by atoms with Gasteiger partial charge in [-0.15, -0.1) is 0 Å². The van der Waals surface area contributed by atoms with Crippen molar-refractivity contribution in [3.63, 3.8) is 0 Å². The summed E-state index contributed by atoms with van der Waals surface area (Å²) in [6, 6.07) is 2.27. The van der Waals surface area contributed by atoms with E-state index in [1.165, 1.54) is 27.0 Å². The number of rotatable bonds is 6. The lowest BCUT2D eigenvalue weighted by Gasteiger charge is -2.14. The van der Waals surface area contributed by atoms with Crippen LogP contribution in [0.5, 0.6) is 11.5 Å². The van der Waals surface area contributed by atoms with Gasteiger partial charge >= 0.3 is 0 Å². The van der Waals surface area contributed by atoms with Gasteiger partial charge in [-0.2, -0.15) is 0 Å². The van der Waals surface area contributed by atoms with Crippen LogP contribution in [0.4, 0.5) is 5.69 Å². The summed E-state index contributed by atoms with van der Waals surface area (Å²) < 4.78 is 10.3. The van der Waals surface area contributed by atoms with E-state index in [-0.39, 0.29) is 22.8 Å². The van der Waals surface area contributed by atoms with Crippen LogP contribution in [0.25, 0.3) is 0 Å². The molecule has 0 saturated carbocycles. The molecule has 0 bridgehead atoms. The summed E-state index contributed by atoms with van der Waals surface area (Å²) in [5, 5.41) is 10.8. The minimum atomic E-state index is -0.768. The monoisotopic (exact) mass is 267 g/mol. The van der Waals surface area contributed by atoms with E-state index >= 15 is 0 Å². The molecule has 0 saturated heterocycles. The average Bonchev–Trinajstić information content (AvgIpc) is 2.37. The van der Waals surface area contributed by atoms with Crippen molar-refractivity contribution < 1.29 is 24.0 Å². The molecule has 19 heavy (non-hydrogen) atoms. The summed E-state index contributed by atoms with van der Waals surface area (Å²) in [4.78, 5) is 32.1. The molecule has 0 aliphatic carbocycles. The number of Topliss-reactive ketones (excluding diaryl/α,β-unsaturated/α-hetero) is 1. The fourth-order valence-corrected chi connectivity index (χ4v) is 1.34. The lowest BCUT2D eigenvalue weighted by atomic mass is 10.1. The first-order valence-corrected chi connectivity index (χ1v) is 5.39. The maximum atomic E-state index is 11.1. The molecule has 0 aliphatic rings. The van der Waals surface area contributed by atoms with Crippen LogP contribution >= 0.6 is 0 Å². The Bertz CT molecular complexity index is 525. The van der Waals surface area contributed by atoms with E-state index in [1.807, 2.05) is 0 Å². The molecule has 7 heteroatoms. The number of carbonyl (C=O) groups excluding carboxylic acids is 2. The molecule has 0 radical (unpaired) electrons. The lowest BCUT2D eigenvalue weighted by Crippen LogP contribution is -2.21. The normalized spacial score (nSPS) is 11.5. The second kappa shape index (κ2) is 5.94. The van der Waals surface area contributed by atoms with Crippen LogP contribution in [-0.2, 0) is 4.79 Å². The van der Waals surface area contributed by atoms with Crippen molar-refractivity contribution >= 4 is 17.8 Å². The number of aldehydes is 1. The van der Waals surface area contributed by atoms with E-state index in [9.17, 15) is 19.7 Å². The predicted octanol–water partition coefficient (Wildman–Crippen LogP) is 1.77. The van der Waals surface area contributed by atoms with Gasteiger partial charge in [0.05, 0.1) is 23.7 Å². The zero-order chi connectivity index (χ0) is 14.6. The van der Waals surface area contributed by atoms with Gasteiger partial charge in [0.1, 0.15) is 0 Å². The Morgan fingerprint density at radius 2 is 2.05 bits per heavy atom. The summed E-state index contributed by atoms with van der Waals surface area (Å²) >= 11 is 0. The summed E-state index contributed by atoms with van der Waals surface area (Å²) in [7, 11) is 1.33. The molecule has 1 aromatic rings. The highest BCUT2D eigenvalue weighted by Gasteiger charge is 2.21. The number of nitrogens with zero attached hydrogens (tertiary/aromatic N) is 1. The molecule has 0 N–H and O–H groups in total. The third kappa shape index (κ3) is 3.27. The minimum Gasteiger partial charge on any atom is -0.493 e. The van der Waals surface area contributed by atoms with Crippen molar-refractivity contribution in [3.8, 4) is 11.5 Å². The van der Waals surface area contributed by atoms with Gasteiger partial charge in [0.25, 0.3) is 5.69 Å². The summed E-state index contributed by atoms with van der Waals surface area (Å²) in [6.07, 6.45) is -0.408. The number of nitro benzene ring substituents is 1. The van der Waals surface area contributed by atoms with Crippen LogP contribution in [-0.4, -0.2) is 30.2 Å². The van der Waals surface area contributed by atoms with Crippen LogP contribution < -0.4 is 9.47 Å². The van der Waals surface area contributed by atoms with Crippen molar-refractivity contribution in [1.82, 2.24) is 0 Å². The van der Waals surface area contributed by atoms with Crippen LogP contribution in [0.1, 0.15) is 24.2 Å². The molecule has 1 aromatic carbocycles. The Labute approximate surface area is 109 Å². The summed E-state index contributed by atoms with van der Waals surface area (Å²) in [5.74, 6) is -0.0347. The largest absolute Gasteiger partial charge is 0.493 e. The number of benzene rings is 1. The van der Waals surface area contributed by atoms with Gasteiger partial charge in [-0.05, 0) is 13.8 Å². The predicted molar refractivity (Wildman–Crippen MR) is 65.8 cm³/mol. The van der Waals surface area contributed by atoms with E-state index < -0.39 is 16.7 Å². The zero-order valence-electron chi connectivity index (χ0n) is 10.7. The Hall–Kier alpha value is -2.44. The molecular formula is C12H13NO6. The van der Waals surface area contributed by atoms with E-state index in [0.717, 1.165) is 6.07 Å². The Morgan fingerprint density at radius 1 is 1.42 bits per heavy atom. The molecule has 0 heterocycles. The first-order valence-electron chi connectivity index (χ1n) is 5.39. The topological polar surface area (TPSA) is 95.7 Å². The highest BCUT2D eigenvalue weighted by molar-refractivity contribution is 5.84. The molecule has 0 amide bonds. The minimum absolute atomic E-state index is 0.0440. The lowest BCUT2D eigenvalue weighted by molar-refractivity contribution is -0.385. The quantitative estimate of drug-likeness (QED) is 0.442. The highest BCUT2D eigenvalue weighted by Crippen LogP contribution is 2.34. The van der Waals surface area contributed by atoms with Gasteiger partial charge in [0.15, 0.2) is 29.7 Å². The first-order chi connectivity index (χ1) is 8.90. The Kier molecular flexibility index (Phi) is 4.57. The van der Waals surface area contributed by atoms with Crippen LogP contribution in [0.2, 0.25) is 0 Å². The van der Waals surface area contributed by atoms with Crippen molar-refractivity contribution in [3.05, 3.63) is 27.8 Å². The van der Waals surface area contributed by atoms with Gasteiger partial charge in [-0.3, -0.25) is 19.7 Å². The third-order valence-electron chi connectivity index (χ3n) is 2.51. The summed E-state index contributed by atoms with van der Waals surface area (Å²) in [6.45, 7) is 2.85. The molecule has 0 aliphatic heterocycles. The van der Waals surface area contributed by atoms with Crippen molar-refractivity contribution in [2.75, 3.05) is 7.11 Å². The number of ether oxygens (including phenoxy) is 2. The maximum Gasteiger partial charge on any atom is 0.283 e. The zero-order valence-corrected chi connectivity index (χ0v) is 10.7. The smallest absolute Gasteiger partial charge is 0.283 e. The van der Waals surface area contributed by atoms with Crippen molar-refractivity contribution in [1.29, 1.82) is 0 Å². The number of ketones is 1. The number of hydrogen-bond acceptors (Lipinski definition) is 6. The average molecular weight is 267 g/mol. The van der Waals surface area contributed by atoms with Crippen molar-refractivity contribution in [2.24, 2.45) is 0 Å². The second-order valence-electron chi connectivity index (χ2n) is 3.81. The van der Waals surface area contributed by atoms with Gasteiger partial charge in [-0.25, -0.2) is 0 Å². The maximum absolute atomic E-state index is 11.1. The molecule has 102 valence electrons. The summed E-state index contributed by atoms with van der Waals surface area (Å²) in [5.41, 5.74) is -0.522. The molecule has 0 spiro atoms. The second-order valence-corrected chi connectivity index (χ2v) is 3.81. The molecule has 0 aromatic heterocycles. The van der Waals surface area contributed by atoms with Gasteiger partial charge in [0.2, 0.25) is 0 Å². The van der Waals surface area contributed by atoms with Gasteiger partial charge in [-0.1, -0.05) is 0 Å². The van der Waals surface area contributed by atoms with Gasteiger partial charge in [0, 0.05) is 6.07 Å². The first kappa shape index (κ1) is 14.6. The molecule has 1 unspecified atom stereocenters. The molecule has 1 atom stereocenters. The van der Waals surface area contributed by atoms with Crippen molar-refractivity contribution in [2.45, 2.75) is 20.0 Å². The molecule has 0 fully saturated rings. The Morgan fingerprint density at radius 3 is 2.47 bits per heavy atom. The number of methoxy groups -OCH3 is 1. The van der Waals surface area contributed by atoms with E-state index in [1.54, 1.807) is 0 Å². The standard InChI is InChI=1S/C12H13NO6/c1-7(15)8(2)19-12-5-10(13(16)17)9(6-14)4-11(12)18-3/h4-6,8H,1-3H3. The van der Waals surface area contributed by atoms with E-state index in [2.05, 4.69) is 0 Å². The fourth-order valence-electron chi connectivity index (χ4n) is 1.34. The molecular weight excluding hydrogens is 254 g/mol. The van der Waals surface area contributed by atoms with E-state index in [4.69, 9.17) is 9.47 Å². The third-order valence-corrected chi connectivity index (χ3v) is 2.51. The number of nitro groups is 1. The fraction of sp³-hybridized carbons (Fsp3) is 0.333.